The highest BCUT2D eigenvalue weighted by molar-refractivity contribution is 9.10. The zero-order valence-electron chi connectivity index (χ0n) is 11.7. The van der Waals surface area contributed by atoms with Gasteiger partial charge in [0.25, 0.3) is 0 Å². The van der Waals surface area contributed by atoms with Crippen LogP contribution in [0, 0.1) is 5.92 Å². The summed E-state index contributed by atoms with van der Waals surface area (Å²) in [7, 11) is -3.49. The van der Waals surface area contributed by atoms with Gasteiger partial charge in [-0.2, -0.15) is 0 Å². The highest BCUT2D eigenvalue weighted by Gasteiger charge is 2.14. The third kappa shape index (κ3) is 5.78. The van der Waals surface area contributed by atoms with Crippen LogP contribution in [0.3, 0.4) is 0 Å². The molecule has 0 aliphatic carbocycles. The molecule has 20 heavy (non-hydrogen) atoms. The molecule has 7 heteroatoms. The first-order valence-corrected chi connectivity index (χ1v) is 8.73. The molecule has 0 unspecified atom stereocenters. The van der Waals surface area contributed by atoms with Crippen LogP contribution in [-0.4, -0.2) is 28.2 Å². The second-order valence-electron chi connectivity index (χ2n) is 4.90. The van der Waals surface area contributed by atoms with Crippen molar-refractivity contribution in [2.45, 2.75) is 25.2 Å². The summed E-state index contributed by atoms with van der Waals surface area (Å²) in [5.74, 6) is 0.485. The molecule has 0 saturated heterocycles. The Morgan fingerprint density at radius 3 is 2.70 bits per heavy atom. The fourth-order valence-electron chi connectivity index (χ4n) is 1.46. The molecule has 5 nitrogen and oxygen atoms in total. The molecule has 0 fully saturated rings. The Balaban J connectivity index is 2.43. The maximum atomic E-state index is 12.0. The van der Waals surface area contributed by atoms with Gasteiger partial charge in [-0.1, -0.05) is 13.8 Å². The van der Waals surface area contributed by atoms with Gasteiger partial charge in [-0.25, -0.2) is 13.1 Å². The number of sulfonamides is 1. The first kappa shape index (κ1) is 17.4. The Bertz CT molecular complexity index is 532. The summed E-state index contributed by atoms with van der Waals surface area (Å²) in [6.45, 7) is 5.73. The lowest BCUT2D eigenvalue weighted by Crippen LogP contribution is -2.25. The number of halogens is 1. The number of nitrogens with one attached hydrogen (secondary N) is 1. The van der Waals surface area contributed by atoms with Crippen LogP contribution >= 0.6 is 15.9 Å². The zero-order valence-corrected chi connectivity index (χ0v) is 14.1. The average molecular weight is 365 g/mol. The Kier molecular flexibility index (Phi) is 6.94. The summed E-state index contributed by atoms with van der Waals surface area (Å²) in [5, 5.41) is 0. The molecule has 0 atom stereocenters. The molecular weight excluding hydrogens is 344 g/mol. The number of nitrogen functional groups attached to an aromatic ring is 1. The van der Waals surface area contributed by atoms with E-state index in [4.69, 9.17) is 10.5 Å². The lowest BCUT2D eigenvalue weighted by Gasteiger charge is -2.09. The molecular formula is C13H21BrN2O3S. The van der Waals surface area contributed by atoms with E-state index >= 15 is 0 Å². The van der Waals surface area contributed by atoms with E-state index in [1.165, 1.54) is 12.1 Å². The second-order valence-corrected chi connectivity index (χ2v) is 7.52. The minimum Gasteiger partial charge on any atom is -0.398 e. The third-order valence-electron chi connectivity index (χ3n) is 2.49. The summed E-state index contributed by atoms with van der Waals surface area (Å²) < 4.78 is 32.5. The quantitative estimate of drug-likeness (QED) is 0.547. The standard InChI is InChI=1S/C13H21BrN2O3S/c1-10(2)9-19-7-3-6-16-20(17,18)11-4-5-13(15)12(14)8-11/h4-5,8,10,16H,3,6-7,9,15H2,1-2H3. The minimum absolute atomic E-state index is 0.196. The van der Waals surface area contributed by atoms with Crippen molar-refractivity contribution in [2.75, 3.05) is 25.5 Å². The van der Waals surface area contributed by atoms with E-state index in [2.05, 4.69) is 34.5 Å². The lowest BCUT2D eigenvalue weighted by atomic mass is 10.2. The van der Waals surface area contributed by atoms with Crippen LogP contribution in [0.25, 0.3) is 0 Å². The van der Waals surface area contributed by atoms with Crippen molar-refractivity contribution < 1.29 is 13.2 Å². The number of rotatable bonds is 8. The number of nitrogens with two attached hydrogens (primary N) is 1. The molecule has 0 heterocycles. The van der Waals surface area contributed by atoms with E-state index in [9.17, 15) is 8.42 Å². The van der Waals surface area contributed by atoms with Gasteiger partial charge in [-0.3, -0.25) is 0 Å². The summed E-state index contributed by atoms with van der Waals surface area (Å²) >= 11 is 3.22. The molecule has 0 spiro atoms. The summed E-state index contributed by atoms with van der Waals surface area (Å²) in [4.78, 5) is 0.196. The predicted octanol–water partition coefficient (Wildman–Crippen LogP) is 2.37. The molecule has 1 aromatic rings. The van der Waals surface area contributed by atoms with E-state index in [0.717, 1.165) is 0 Å². The fourth-order valence-corrected chi connectivity index (χ4v) is 3.09. The van der Waals surface area contributed by atoms with Gasteiger partial charge in [0.1, 0.15) is 0 Å². The highest BCUT2D eigenvalue weighted by Crippen LogP contribution is 2.22. The molecule has 0 aliphatic heterocycles. The molecule has 114 valence electrons. The molecule has 1 aromatic carbocycles. The van der Waals surface area contributed by atoms with Crippen LogP contribution in [0.5, 0.6) is 0 Å². The van der Waals surface area contributed by atoms with Crippen molar-refractivity contribution in [1.82, 2.24) is 4.72 Å². The van der Waals surface area contributed by atoms with Crippen LogP contribution in [0.1, 0.15) is 20.3 Å². The van der Waals surface area contributed by atoms with Crippen molar-refractivity contribution >= 4 is 31.6 Å². The second kappa shape index (κ2) is 7.97. The Morgan fingerprint density at radius 1 is 1.40 bits per heavy atom. The number of hydrogen-bond donors (Lipinski definition) is 2. The van der Waals surface area contributed by atoms with E-state index in [0.29, 0.717) is 42.3 Å². The number of benzene rings is 1. The molecule has 1 rings (SSSR count). The van der Waals surface area contributed by atoms with Gasteiger partial charge in [0.05, 0.1) is 4.90 Å². The van der Waals surface area contributed by atoms with Gasteiger partial charge in [0.15, 0.2) is 0 Å². The first-order chi connectivity index (χ1) is 9.33. The summed E-state index contributed by atoms with van der Waals surface area (Å²) in [5.41, 5.74) is 6.14. The van der Waals surface area contributed by atoms with Crippen LogP contribution in [0.4, 0.5) is 5.69 Å². The summed E-state index contributed by atoms with van der Waals surface area (Å²) in [6.07, 6.45) is 0.641. The van der Waals surface area contributed by atoms with Gasteiger partial charge < -0.3 is 10.5 Å². The van der Waals surface area contributed by atoms with Crippen molar-refractivity contribution in [3.05, 3.63) is 22.7 Å². The lowest BCUT2D eigenvalue weighted by molar-refractivity contribution is 0.108. The van der Waals surface area contributed by atoms with Crippen LogP contribution in [0.2, 0.25) is 0 Å². The number of hydrogen-bond acceptors (Lipinski definition) is 4. The first-order valence-electron chi connectivity index (χ1n) is 6.45. The fraction of sp³-hybridized carbons (Fsp3) is 0.538. The molecule has 0 saturated carbocycles. The Labute approximate surface area is 129 Å². The highest BCUT2D eigenvalue weighted by atomic mass is 79.9. The van der Waals surface area contributed by atoms with Gasteiger partial charge in [-0.15, -0.1) is 0 Å². The van der Waals surface area contributed by atoms with Crippen molar-refractivity contribution in [1.29, 1.82) is 0 Å². The smallest absolute Gasteiger partial charge is 0.240 e. The molecule has 3 N–H and O–H groups in total. The van der Waals surface area contributed by atoms with Gasteiger partial charge in [0.2, 0.25) is 10.0 Å². The summed E-state index contributed by atoms with van der Waals surface area (Å²) in [6, 6.07) is 4.54. The van der Waals surface area contributed by atoms with E-state index < -0.39 is 10.0 Å². The molecule has 0 amide bonds. The van der Waals surface area contributed by atoms with Crippen molar-refractivity contribution in [3.63, 3.8) is 0 Å². The van der Waals surface area contributed by atoms with Gasteiger partial charge in [-0.05, 0) is 46.5 Å². The zero-order chi connectivity index (χ0) is 15.2. The van der Waals surface area contributed by atoms with Crippen LogP contribution in [-0.2, 0) is 14.8 Å². The van der Waals surface area contributed by atoms with Crippen molar-refractivity contribution in [2.24, 2.45) is 5.92 Å². The van der Waals surface area contributed by atoms with E-state index in [-0.39, 0.29) is 4.90 Å². The maximum Gasteiger partial charge on any atom is 0.240 e. The Morgan fingerprint density at radius 2 is 2.10 bits per heavy atom. The molecule has 0 radical (unpaired) electrons. The van der Waals surface area contributed by atoms with Gasteiger partial charge in [0, 0.05) is 29.9 Å². The van der Waals surface area contributed by atoms with Gasteiger partial charge >= 0.3 is 0 Å². The average Bonchev–Trinajstić information content (AvgIpc) is 2.36. The third-order valence-corrected chi connectivity index (χ3v) is 4.64. The maximum absolute atomic E-state index is 12.0. The van der Waals surface area contributed by atoms with E-state index in [1.807, 2.05) is 0 Å². The number of anilines is 1. The Hall–Kier alpha value is -0.630. The number of ether oxygens (including phenoxy) is 1. The van der Waals surface area contributed by atoms with Crippen LogP contribution < -0.4 is 10.5 Å². The molecule has 0 bridgehead atoms. The SMILES string of the molecule is CC(C)COCCCNS(=O)(=O)c1ccc(N)c(Br)c1. The molecule has 0 aliphatic rings. The van der Waals surface area contributed by atoms with E-state index in [1.54, 1.807) is 6.07 Å². The van der Waals surface area contributed by atoms with Crippen molar-refractivity contribution in [3.8, 4) is 0 Å². The normalized spacial score (nSPS) is 12.0. The monoisotopic (exact) mass is 364 g/mol. The largest absolute Gasteiger partial charge is 0.398 e. The topological polar surface area (TPSA) is 81.4 Å². The minimum atomic E-state index is -3.49. The molecule has 0 aromatic heterocycles. The van der Waals surface area contributed by atoms with Crippen LogP contribution in [0.15, 0.2) is 27.6 Å². The predicted molar refractivity (Wildman–Crippen MR) is 84.0 cm³/mol.